The van der Waals surface area contributed by atoms with Crippen LogP contribution in [0.4, 0.5) is 8.78 Å². The number of primary amides is 1. The van der Waals surface area contributed by atoms with E-state index in [1.165, 1.54) is 6.92 Å². The minimum Gasteiger partial charge on any atom is -0.505 e. The summed E-state index contributed by atoms with van der Waals surface area (Å²) in [4.78, 5) is 14.1. The Hall–Kier alpha value is -1.72. The molecule has 0 atom stereocenters. The van der Waals surface area contributed by atoms with Gasteiger partial charge in [-0.15, -0.1) is 0 Å². The van der Waals surface area contributed by atoms with E-state index in [1.54, 1.807) is 0 Å². The molecule has 0 aliphatic heterocycles. The second-order valence-corrected chi connectivity index (χ2v) is 2.69. The van der Waals surface area contributed by atoms with Crippen molar-refractivity contribution < 1.29 is 18.7 Å². The highest BCUT2D eigenvalue weighted by molar-refractivity contribution is 5.95. The number of carbonyl (C=O) groups is 1. The van der Waals surface area contributed by atoms with Crippen LogP contribution >= 0.6 is 0 Å². The molecule has 0 aromatic carbocycles. The molecular formula is C8H8F2N2O2. The molecule has 0 saturated carbocycles. The van der Waals surface area contributed by atoms with E-state index in [2.05, 4.69) is 4.98 Å². The fourth-order valence-corrected chi connectivity index (χ4v) is 0.990. The third kappa shape index (κ3) is 1.78. The lowest BCUT2D eigenvalue weighted by Gasteiger charge is -2.06. The first-order valence-corrected chi connectivity index (χ1v) is 3.72. The van der Waals surface area contributed by atoms with Gasteiger partial charge in [0.2, 0.25) is 0 Å². The zero-order valence-electron chi connectivity index (χ0n) is 7.29. The number of amides is 1. The van der Waals surface area contributed by atoms with Crippen molar-refractivity contribution in [3.63, 3.8) is 0 Å². The maximum absolute atomic E-state index is 12.2. The molecule has 1 rings (SSSR count). The summed E-state index contributed by atoms with van der Waals surface area (Å²) in [6.45, 7) is 1.31. The third-order valence-electron chi connectivity index (χ3n) is 1.68. The topological polar surface area (TPSA) is 76.2 Å². The summed E-state index contributed by atoms with van der Waals surface area (Å²) in [5.74, 6) is -1.42. The smallest absolute Gasteiger partial charge is 0.280 e. The van der Waals surface area contributed by atoms with E-state index in [1.807, 2.05) is 0 Å². The standard InChI is InChI=1S/C8H8F2N2O2/c1-3-6(13)4(8(11)14)2-5(12-3)7(9)10/h2,7,13H,1H3,(H2,11,14). The molecule has 0 fully saturated rings. The molecule has 0 unspecified atom stereocenters. The summed E-state index contributed by atoms with van der Waals surface area (Å²) in [7, 11) is 0. The molecular weight excluding hydrogens is 194 g/mol. The van der Waals surface area contributed by atoms with Gasteiger partial charge in [-0.05, 0) is 13.0 Å². The maximum atomic E-state index is 12.2. The van der Waals surface area contributed by atoms with Crippen molar-refractivity contribution in [2.24, 2.45) is 5.73 Å². The Morgan fingerprint density at radius 2 is 2.21 bits per heavy atom. The lowest BCUT2D eigenvalue weighted by atomic mass is 10.1. The summed E-state index contributed by atoms with van der Waals surface area (Å²) in [5, 5.41) is 9.27. The molecule has 0 bridgehead atoms. The molecule has 0 aliphatic rings. The molecule has 0 saturated heterocycles. The number of aromatic nitrogens is 1. The van der Waals surface area contributed by atoms with Gasteiger partial charge in [0, 0.05) is 0 Å². The number of aryl methyl sites for hydroxylation is 1. The first-order valence-electron chi connectivity index (χ1n) is 3.72. The normalized spacial score (nSPS) is 10.6. The predicted octanol–water partition coefficient (Wildman–Crippen LogP) is 1.13. The Kier molecular flexibility index (Phi) is 2.64. The molecule has 1 heterocycles. The van der Waals surface area contributed by atoms with Crippen LogP contribution in [0.15, 0.2) is 6.07 Å². The number of pyridine rings is 1. The summed E-state index contributed by atoms with van der Waals surface area (Å²) in [6, 6.07) is 0.787. The number of nitrogens with zero attached hydrogens (tertiary/aromatic N) is 1. The van der Waals surface area contributed by atoms with Crippen LogP contribution in [-0.4, -0.2) is 16.0 Å². The highest BCUT2D eigenvalue weighted by Gasteiger charge is 2.17. The van der Waals surface area contributed by atoms with Gasteiger partial charge < -0.3 is 10.8 Å². The average molecular weight is 202 g/mol. The summed E-state index contributed by atoms with van der Waals surface area (Å²) in [5.41, 5.74) is 3.92. The van der Waals surface area contributed by atoms with Crippen LogP contribution in [0.3, 0.4) is 0 Å². The quantitative estimate of drug-likeness (QED) is 0.754. The molecule has 0 radical (unpaired) electrons. The molecule has 1 aromatic heterocycles. The van der Waals surface area contributed by atoms with Crippen LogP contribution in [0.1, 0.15) is 28.2 Å². The van der Waals surface area contributed by atoms with E-state index in [4.69, 9.17) is 5.73 Å². The van der Waals surface area contributed by atoms with E-state index >= 15 is 0 Å². The average Bonchev–Trinajstić information content (AvgIpc) is 2.08. The zero-order chi connectivity index (χ0) is 10.9. The van der Waals surface area contributed by atoms with Crippen LogP contribution in [0.5, 0.6) is 5.75 Å². The molecule has 1 amide bonds. The number of hydrogen-bond acceptors (Lipinski definition) is 3. The van der Waals surface area contributed by atoms with E-state index in [-0.39, 0.29) is 11.3 Å². The number of rotatable bonds is 2. The highest BCUT2D eigenvalue weighted by Crippen LogP contribution is 2.25. The van der Waals surface area contributed by atoms with Crippen molar-refractivity contribution in [1.82, 2.24) is 4.98 Å². The highest BCUT2D eigenvalue weighted by atomic mass is 19.3. The third-order valence-corrected chi connectivity index (χ3v) is 1.68. The molecule has 0 spiro atoms. The van der Waals surface area contributed by atoms with Gasteiger partial charge >= 0.3 is 0 Å². The van der Waals surface area contributed by atoms with Crippen LogP contribution in [0, 0.1) is 6.92 Å². The van der Waals surface area contributed by atoms with E-state index in [0.29, 0.717) is 0 Å². The molecule has 14 heavy (non-hydrogen) atoms. The van der Waals surface area contributed by atoms with Gasteiger partial charge in [0.1, 0.15) is 11.4 Å². The fraction of sp³-hybridized carbons (Fsp3) is 0.250. The minimum atomic E-state index is -2.80. The summed E-state index contributed by atoms with van der Waals surface area (Å²) < 4.78 is 24.5. The fourth-order valence-electron chi connectivity index (χ4n) is 0.990. The Balaban J connectivity index is 3.35. The van der Waals surface area contributed by atoms with E-state index < -0.39 is 23.8 Å². The van der Waals surface area contributed by atoms with Crippen molar-refractivity contribution in [2.75, 3.05) is 0 Å². The number of alkyl halides is 2. The molecule has 0 aliphatic carbocycles. The van der Waals surface area contributed by atoms with Gasteiger partial charge in [0.15, 0.2) is 0 Å². The number of halogens is 2. The molecule has 4 nitrogen and oxygen atoms in total. The number of carbonyl (C=O) groups excluding carboxylic acids is 1. The Morgan fingerprint density at radius 1 is 1.64 bits per heavy atom. The summed E-state index contributed by atoms with van der Waals surface area (Å²) >= 11 is 0. The van der Waals surface area contributed by atoms with Crippen LogP contribution in [-0.2, 0) is 0 Å². The molecule has 76 valence electrons. The SMILES string of the molecule is Cc1nc(C(F)F)cc(C(N)=O)c1O. The minimum absolute atomic E-state index is 0.0448. The van der Waals surface area contributed by atoms with E-state index in [9.17, 15) is 18.7 Å². The van der Waals surface area contributed by atoms with Gasteiger partial charge in [-0.25, -0.2) is 13.8 Å². The van der Waals surface area contributed by atoms with Gasteiger partial charge in [0.25, 0.3) is 12.3 Å². The molecule has 3 N–H and O–H groups in total. The second-order valence-electron chi connectivity index (χ2n) is 2.69. The first-order chi connectivity index (χ1) is 6.43. The van der Waals surface area contributed by atoms with Crippen LogP contribution in [0.2, 0.25) is 0 Å². The predicted molar refractivity (Wildman–Crippen MR) is 44.1 cm³/mol. The van der Waals surface area contributed by atoms with E-state index in [0.717, 1.165) is 6.07 Å². The second kappa shape index (κ2) is 3.57. The van der Waals surface area contributed by atoms with Gasteiger partial charge in [-0.1, -0.05) is 0 Å². The van der Waals surface area contributed by atoms with Crippen molar-refractivity contribution in [1.29, 1.82) is 0 Å². The lowest BCUT2D eigenvalue weighted by Crippen LogP contribution is -2.13. The van der Waals surface area contributed by atoms with Gasteiger partial charge in [-0.3, -0.25) is 4.79 Å². The number of aromatic hydroxyl groups is 1. The van der Waals surface area contributed by atoms with Crippen LogP contribution in [0.25, 0.3) is 0 Å². The van der Waals surface area contributed by atoms with Gasteiger partial charge in [-0.2, -0.15) is 0 Å². The van der Waals surface area contributed by atoms with Crippen molar-refractivity contribution in [3.8, 4) is 5.75 Å². The van der Waals surface area contributed by atoms with Crippen molar-refractivity contribution in [2.45, 2.75) is 13.3 Å². The monoisotopic (exact) mass is 202 g/mol. The molecule has 6 heteroatoms. The van der Waals surface area contributed by atoms with Crippen molar-refractivity contribution >= 4 is 5.91 Å². The Bertz CT molecular complexity index is 380. The maximum Gasteiger partial charge on any atom is 0.280 e. The Morgan fingerprint density at radius 3 is 2.64 bits per heavy atom. The zero-order valence-corrected chi connectivity index (χ0v) is 7.29. The number of hydrogen-bond donors (Lipinski definition) is 2. The van der Waals surface area contributed by atoms with Gasteiger partial charge in [0.05, 0.1) is 11.3 Å². The molecule has 1 aromatic rings. The first kappa shape index (κ1) is 10.4. The van der Waals surface area contributed by atoms with Crippen LogP contribution < -0.4 is 5.73 Å². The largest absolute Gasteiger partial charge is 0.505 e. The summed E-state index contributed by atoms with van der Waals surface area (Å²) in [6.07, 6.45) is -2.80. The van der Waals surface area contributed by atoms with Crippen molar-refractivity contribution in [3.05, 3.63) is 23.0 Å². The number of nitrogens with two attached hydrogens (primary N) is 1. The Labute approximate surface area is 78.4 Å². The lowest BCUT2D eigenvalue weighted by molar-refractivity contribution is 0.0996.